The zero-order valence-electron chi connectivity index (χ0n) is 14.8. The highest BCUT2D eigenvalue weighted by Gasteiger charge is 2.17. The molecule has 7 heteroatoms. The molecule has 0 aliphatic carbocycles. The van der Waals surface area contributed by atoms with Crippen LogP contribution >= 0.6 is 11.6 Å². The Hall–Kier alpha value is -2.57. The van der Waals surface area contributed by atoms with Gasteiger partial charge in [0.25, 0.3) is 0 Å². The van der Waals surface area contributed by atoms with E-state index >= 15 is 0 Å². The van der Waals surface area contributed by atoms with Crippen molar-refractivity contribution in [3.8, 4) is 0 Å². The minimum Gasteiger partial charge on any atom is -0.408 e. The molecule has 0 saturated heterocycles. The molecule has 1 N–H and O–H groups in total. The van der Waals surface area contributed by atoms with E-state index in [9.17, 15) is 9.59 Å². The molecule has 0 spiro atoms. The maximum absolute atomic E-state index is 12.2. The molecule has 1 aliphatic heterocycles. The number of rotatable bonds is 6. The van der Waals surface area contributed by atoms with Gasteiger partial charge in [-0.1, -0.05) is 35.9 Å². The van der Waals surface area contributed by atoms with E-state index in [2.05, 4.69) is 34.5 Å². The van der Waals surface area contributed by atoms with Crippen molar-refractivity contribution in [1.82, 2.24) is 14.8 Å². The van der Waals surface area contributed by atoms with Crippen molar-refractivity contribution in [3.05, 3.63) is 69.2 Å². The van der Waals surface area contributed by atoms with Gasteiger partial charge >= 0.3 is 5.76 Å². The van der Waals surface area contributed by atoms with Gasteiger partial charge < -0.3 is 9.73 Å². The average molecular weight is 386 g/mol. The third kappa shape index (κ3) is 3.91. The summed E-state index contributed by atoms with van der Waals surface area (Å²) < 4.78 is 6.46. The van der Waals surface area contributed by atoms with Crippen LogP contribution in [0.5, 0.6) is 0 Å². The van der Waals surface area contributed by atoms with Crippen molar-refractivity contribution in [2.45, 2.75) is 26.1 Å². The van der Waals surface area contributed by atoms with Crippen LogP contribution in [0.4, 0.5) is 0 Å². The molecule has 4 rings (SSSR count). The smallest absolute Gasteiger partial charge is 0.408 e. The molecule has 0 saturated carbocycles. The highest BCUT2D eigenvalue weighted by atomic mass is 35.5. The third-order valence-electron chi connectivity index (χ3n) is 4.81. The van der Waals surface area contributed by atoms with Crippen molar-refractivity contribution >= 4 is 28.6 Å². The number of nitrogens with zero attached hydrogens (tertiary/aromatic N) is 2. The van der Waals surface area contributed by atoms with Gasteiger partial charge in [-0.15, -0.1) is 0 Å². The standard InChI is InChI=1S/C20H20ClN3O3/c21-16-6-7-17-18(10-16)27-20(26)24(17)13-19(25)22-8-3-9-23-11-14-4-1-2-5-15(14)12-23/h1-2,4-7,10H,3,8-9,11-13H2,(H,22,25). The van der Waals surface area contributed by atoms with Gasteiger partial charge in [0, 0.05) is 37.3 Å². The van der Waals surface area contributed by atoms with E-state index in [1.54, 1.807) is 18.2 Å². The summed E-state index contributed by atoms with van der Waals surface area (Å²) in [4.78, 5) is 26.5. The Morgan fingerprint density at radius 3 is 2.63 bits per heavy atom. The molecule has 0 atom stereocenters. The predicted molar refractivity (Wildman–Crippen MR) is 104 cm³/mol. The van der Waals surface area contributed by atoms with Gasteiger partial charge in [0.1, 0.15) is 6.54 Å². The summed E-state index contributed by atoms with van der Waals surface area (Å²) in [7, 11) is 0. The number of aromatic nitrogens is 1. The lowest BCUT2D eigenvalue weighted by Crippen LogP contribution is -2.32. The minimum absolute atomic E-state index is 0.0668. The SMILES string of the molecule is O=C(Cn1c(=O)oc2cc(Cl)ccc21)NCCCN1Cc2ccccc2C1. The molecule has 2 heterocycles. The zero-order valence-corrected chi connectivity index (χ0v) is 15.5. The molecule has 2 aromatic carbocycles. The fourth-order valence-electron chi connectivity index (χ4n) is 3.48. The lowest BCUT2D eigenvalue weighted by atomic mass is 10.1. The number of carbonyl (C=O) groups is 1. The van der Waals surface area contributed by atoms with Gasteiger partial charge in [-0.2, -0.15) is 0 Å². The van der Waals surface area contributed by atoms with Crippen molar-refractivity contribution in [2.24, 2.45) is 0 Å². The Balaban J connectivity index is 1.26. The summed E-state index contributed by atoms with van der Waals surface area (Å²) in [6, 6.07) is 13.4. The van der Waals surface area contributed by atoms with Gasteiger partial charge in [-0.05, 0) is 29.7 Å². The van der Waals surface area contributed by atoms with Gasteiger partial charge in [-0.3, -0.25) is 14.3 Å². The maximum Gasteiger partial charge on any atom is 0.420 e. The molecule has 1 aromatic heterocycles. The number of amides is 1. The fraction of sp³-hybridized carbons (Fsp3) is 0.300. The number of halogens is 1. The highest BCUT2D eigenvalue weighted by Crippen LogP contribution is 2.22. The van der Waals surface area contributed by atoms with Crippen molar-refractivity contribution in [3.63, 3.8) is 0 Å². The Morgan fingerprint density at radius 1 is 1.15 bits per heavy atom. The summed E-state index contributed by atoms with van der Waals surface area (Å²) in [5.74, 6) is -0.767. The summed E-state index contributed by atoms with van der Waals surface area (Å²) >= 11 is 5.90. The maximum atomic E-state index is 12.2. The van der Waals surface area contributed by atoms with Gasteiger partial charge in [-0.25, -0.2) is 4.79 Å². The number of carbonyl (C=O) groups excluding carboxylic acids is 1. The second kappa shape index (κ2) is 7.58. The number of nitrogens with one attached hydrogen (secondary N) is 1. The first-order chi connectivity index (χ1) is 13.1. The molecule has 27 heavy (non-hydrogen) atoms. The monoisotopic (exact) mass is 385 g/mol. The minimum atomic E-state index is -0.558. The summed E-state index contributed by atoms with van der Waals surface area (Å²) in [6.07, 6.45) is 0.858. The van der Waals surface area contributed by atoms with E-state index in [1.807, 2.05) is 0 Å². The van der Waals surface area contributed by atoms with Crippen LogP contribution in [-0.4, -0.2) is 28.5 Å². The quantitative estimate of drug-likeness (QED) is 0.662. The van der Waals surface area contributed by atoms with Crippen molar-refractivity contribution in [1.29, 1.82) is 0 Å². The molecule has 1 amide bonds. The van der Waals surface area contributed by atoms with E-state index < -0.39 is 5.76 Å². The second-order valence-corrected chi connectivity index (χ2v) is 7.19. The van der Waals surface area contributed by atoms with Crippen molar-refractivity contribution < 1.29 is 9.21 Å². The summed E-state index contributed by atoms with van der Waals surface area (Å²) in [6.45, 7) is 3.35. The lowest BCUT2D eigenvalue weighted by Gasteiger charge is -2.14. The number of oxazole rings is 1. The van der Waals surface area contributed by atoms with E-state index in [0.29, 0.717) is 22.7 Å². The first-order valence-electron chi connectivity index (χ1n) is 8.95. The first kappa shape index (κ1) is 17.8. The topological polar surface area (TPSA) is 67.5 Å². The van der Waals surface area contributed by atoms with E-state index in [0.717, 1.165) is 26.1 Å². The molecule has 1 aliphatic rings. The Kier molecular flexibility index (Phi) is 5.01. The molecule has 140 valence electrons. The number of fused-ring (bicyclic) bond motifs is 2. The van der Waals surface area contributed by atoms with Crippen LogP contribution in [-0.2, 0) is 24.4 Å². The largest absolute Gasteiger partial charge is 0.420 e. The summed E-state index contributed by atoms with van der Waals surface area (Å²) in [5, 5.41) is 3.36. The highest BCUT2D eigenvalue weighted by molar-refractivity contribution is 6.31. The van der Waals surface area contributed by atoms with Gasteiger partial charge in [0.15, 0.2) is 5.58 Å². The molecule has 3 aromatic rings. The average Bonchev–Trinajstić information content (AvgIpc) is 3.19. The first-order valence-corrected chi connectivity index (χ1v) is 9.33. The second-order valence-electron chi connectivity index (χ2n) is 6.75. The molecule has 0 bridgehead atoms. The molecule has 0 radical (unpaired) electrons. The third-order valence-corrected chi connectivity index (χ3v) is 5.05. The molecular formula is C20H20ClN3O3. The normalized spacial score (nSPS) is 13.8. The fourth-order valence-corrected chi connectivity index (χ4v) is 3.64. The van der Waals surface area contributed by atoms with Crippen LogP contribution in [0.15, 0.2) is 51.7 Å². The molecule has 6 nitrogen and oxygen atoms in total. The van der Waals surface area contributed by atoms with E-state index in [1.165, 1.54) is 15.7 Å². The van der Waals surface area contributed by atoms with Crippen LogP contribution < -0.4 is 11.1 Å². The number of hydrogen-bond donors (Lipinski definition) is 1. The van der Waals surface area contributed by atoms with Crippen LogP contribution in [0.2, 0.25) is 5.02 Å². The lowest BCUT2D eigenvalue weighted by molar-refractivity contribution is -0.121. The summed E-state index contributed by atoms with van der Waals surface area (Å²) in [5.41, 5.74) is 3.71. The van der Waals surface area contributed by atoms with Crippen LogP contribution in [0.25, 0.3) is 11.1 Å². The Morgan fingerprint density at radius 2 is 1.89 bits per heavy atom. The predicted octanol–water partition coefficient (Wildman–Crippen LogP) is 2.77. The zero-order chi connectivity index (χ0) is 18.8. The van der Waals surface area contributed by atoms with Gasteiger partial charge in [0.2, 0.25) is 5.91 Å². The van der Waals surface area contributed by atoms with E-state index in [4.69, 9.17) is 16.0 Å². The van der Waals surface area contributed by atoms with Crippen LogP contribution in [0.1, 0.15) is 17.5 Å². The van der Waals surface area contributed by atoms with Crippen LogP contribution in [0.3, 0.4) is 0 Å². The molecular weight excluding hydrogens is 366 g/mol. The Labute approximate surface area is 161 Å². The number of benzene rings is 2. The number of hydrogen-bond acceptors (Lipinski definition) is 4. The van der Waals surface area contributed by atoms with Gasteiger partial charge in [0.05, 0.1) is 5.52 Å². The van der Waals surface area contributed by atoms with Crippen molar-refractivity contribution in [2.75, 3.05) is 13.1 Å². The Bertz CT molecular complexity index is 1020. The molecule has 0 unspecified atom stereocenters. The van der Waals surface area contributed by atoms with Crippen LogP contribution in [0, 0.1) is 0 Å². The van der Waals surface area contributed by atoms with E-state index in [-0.39, 0.29) is 12.5 Å². The molecule has 0 fully saturated rings.